The van der Waals surface area contributed by atoms with Crippen LogP contribution in [0.1, 0.15) is 24.2 Å². The van der Waals surface area contributed by atoms with Crippen molar-refractivity contribution in [3.05, 3.63) is 66.1 Å². The van der Waals surface area contributed by atoms with Gasteiger partial charge in [-0.05, 0) is 42.7 Å². The number of amides is 1. The molecule has 0 bridgehead atoms. The lowest BCUT2D eigenvalue weighted by Gasteiger charge is -2.11. The summed E-state index contributed by atoms with van der Waals surface area (Å²) in [6.45, 7) is -1.84. The molecule has 4 rings (SSSR count). The van der Waals surface area contributed by atoms with E-state index in [4.69, 9.17) is 4.98 Å². The number of aryl methyl sites for hydroxylation is 2. The molecule has 3 aromatic rings. The largest absolute Gasteiger partial charge is 0.435 e. The van der Waals surface area contributed by atoms with E-state index in [1.54, 1.807) is 12.1 Å². The molecule has 1 amide bonds. The maximum Gasteiger partial charge on any atom is 0.387 e. The van der Waals surface area contributed by atoms with Crippen molar-refractivity contribution in [2.24, 2.45) is 0 Å². The molecule has 1 aliphatic heterocycles. The van der Waals surface area contributed by atoms with Gasteiger partial charge < -0.3 is 14.6 Å². The van der Waals surface area contributed by atoms with Gasteiger partial charge in [0.1, 0.15) is 11.6 Å². The third-order valence-corrected chi connectivity index (χ3v) is 4.89. The Morgan fingerprint density at radius 2 is 1.86 bits per heavy atom. The fourth-order valence-electron chi connectivity index (χ4n) is 3.46. The molecule has 0 spiro atoms. The minimum Gasteiger partial charge on any atom is -0.435 e. The molecule has 150 valence electrons. The smallest absolute Gasteiger partial charge is 0.387 e. The summed E-state index contributed by atoms with van der Waals surface area (Å²) in [7, 11) is 0. The number of carbonyl (C=O) groups excluding carboxylic acids is 1. The number of fused-ring (bicyclic) bond motifs is 1. The first-order valence-corrected chi connectivity index (χ1v) is 9.57. The van der Waals surface area contributed by atoms with Gasteiger partial charge in [0.05, 0.1) is 12.1 Å². The molecule has 0 atom stereocenters. The molecular formula is C22H21F2N3O2. The number of imidazole rings is 1. The number of benzene rings is 2. The zero-order chi connectivity index (χ0) is 20.2. The number of nitrogens with zero attached hydrogens (tertiary/aromatic N) is 2. The summed E-state index contributed by atoms with van der Waals surface area (Å²) in [5.41, 5.74) is 3.37. The third-order valence-electron chi connectivity index (χ3n) is 4.89. The highest BCUT2D eigenvalue weighted by atomic mass is 19.3. The molecule has 1 N–H and O–H groups in total. The third kappa shape index (κ3) is 4.80. The molecule has 7 heteroatoms. The van der Waals surface area contributed by atoms with Crippen LogP contribution in [-0.4, -0.2) is 22.1 Å². The minimum absolute atomic E-state index is 0.0701. The van der Waals surface area contributed by atoms with Crippen LogP contribution in [0.3, 0.4) is 0 Å². The number of alkyl halides is 2. The predicted octanol–water partition coefficient (Wildman–Crippen LogP) is 4.67. The zero-order valence-electron chi connectivity index (χ0n) is 15.8. The molecule has 0 radical (unpaired) electrons. The summed E-state index contributed by atoms with van der Waals surface area (Å²) in [6.07, 6.45) is 5.62. The average molecular weight is 397 g/mol. The molecule has 0 saturated carbocycles. The van der Waals surface area contributed by atoms with Gasteiger partial charge in [0, 0.05) is 30.4 Å². The second-order valence-corrected chi connectivity index (χ2v) is 7.02. The van der Waals surface area contributed by atoms with E-state index in [9.17, 15) is 13.6 Å². The highest BCUT2D eigenvalue weighted by molar-refractivity contribution is 5.92. The Balaban J connectivity index is 1.36. The second-order valence-electron chi connectivity index (χ2n) is 7.02. The summed E-state index contributed by atoms with van der Waals surface area (Å²) in [4.78, 5) is 17.0. The van der Waals surface area contributed by atoms with E-state index in [1.807, 2.05) is 24.3 Å². The van der Waals surface area contributed by atoms with Crippen LogP contribution in [-0.2, 0) is 24.2 Å². The van der Waals surface area contributed by atoms with Gasteiger partial charge in [-0.2, -0.15) is 8.78 Å². The fraction of sp³-hybridized carbons (Fsp3) is 0.273. The van der Waals surface area contributed by atoms with Gasteiger partial charge in [-0.3, -0.25) is 4.79 Å². The number of rotatable bonds is 6. The van der Waals surface area contributed by atoms with E-state index in [0.29, 0.717) is 11.3 Å². The van der Waals surface area contributed by atoms with Crippen molar-refractivity contribution in [1.29, 1.82) is 0 Å². The number of nitrogens with one attached hydrogen (secondary N) is 1. The minimum atomic E-state index is -2.86. The molecule has 1 aliphatic rings. The van der Waals surface area contributed by atoms with E-state index >= 15 is 0 Å². The zero-order valence-corrected chi connectivity index (χ0v) is 15.8. The van der Waals surface area contributed by atoms with Crippen LogP contribution in [0.25, 0.3) is 11.3 Å². The van der Waals surface area contributed by atoms with E-state index < -0.39 is 6.61 Å². The fourth-order valence-corrected chi connectivity index (χ4v) is 3.46. The lowest BCUT2D eigenvalue weighted by atomic mass is 10.1. The molecule has 0 aliphatic carbocycles. The van der Waals surface area contributed by atoms with Crippen LogP contribution in [0.5, 0.6) is 5.75 Å². The molecule has 1 aromatic heterocycles. The second kappa shape index (κ2) is 8.43. The van der Waals surface area contributed by atoms with Crippen LogP contribution < -0.4 is 10.1 Å². The van der Waals surface area contributed by atoms with Gasteiger partial charge in [0.15, 0.2) is 0 Å². The number of hydrogen-bond acceptors (Lipinski definition) is 3. The maximum atomic E-state index is 12.3. The predicted molar refractivity (Wildman–Crippen MR) is 106 cm³/mol. The molecule has 2 aromatic carbocycles. The van der Waals surface area contributed by atoms with E-state index in [0.717, 1.165) is 30.0 Å². The summed E-state index contributed by atoms with van der Waals surface area (Å²) in [5, 5.41) is 2.85. The van der Waals surface area contributed by atoms with Crippen molar-refractivity contribution in [2.45, 2.75) is 38.8 Å². The first-order valence-electron chi connectivity index (χ1n) is 9.57. The van der Waals surface area contributed by atoms with Gasteiger partial charge in [-0.15, -0.1) is 0 Å². The van der Waals surface area contributed by atoms with Crippen LogP contribution in [0.4, 0.5) is 14.5 Å². The van der Waals surface area contributed by atoms with Crippen LogP contribution in [0.15, 0.2) is 54.7 Å². The standard InChI is InChI=1S/C22H21F2N3O2/c23-22(24)29-18-10-4-15(5-11-18)13-21(28)25-17-8-6-16(7-9-17)19-14-27-12-2-1-3-20(27)26-19/h4-11,14,22H,1-3,12-13H2,(H,25,28). The Labute approximate surface area is 167 Å². The highest BCUT2D eigenvalue weighted by Crippen LogP contribution is 2.24. The van der Waals surface area contributed by atoms with Crippen molar-refractivity contribution >= 4 is 11.6 Å². The van der Waals surface area contributed by atoms with Crippen LogP contribution in [0.2, 0.25) is 0 Å². The van der Waals surface area contributed by atoms with Gasteiger partial charge in [0.25, 0.3) is 0 Å². The lowest BCUT2D eigenvalue weighted by molar-refractivity contribution is -0.115. The summed E-state index contributed by atoms with van der Waals surface area (Å²) in [6, 6.07) is 13.6. The summed E-state index contributed by atoms with van der Waals surface area (Å²) >= 11 is 0. The molecular weight excluding hydrogens is 376 g/mol. The number of anilines is 1. The SMILES string of the molecule is O=C(Cc1ccc(OC(F)F)cc1)Nc1ccc(-c2cn3c(n2)CCCC3)cc1. The number of ether oxygens (including phenoxy) is 1. The van der Waals surface area contributed by atoms with Crippen molar-refractivity contribution in [3.63, 3.8) is 0 Å². The number of hydrogen-bond donors (Lipinski definition) is 1. The Hall–Kier alpha value is -3.22. The molecule has 0 unspecified atom stereocenters. The van der Waals surface area contributed by atoms with Crippen molar-refractivity contribution in [1.82, 2.24) is 9.55 Å². The van der Waals surface area contributed by atoms with Gasteiger partial charge in [-0.1, -0.05) is 24.3 Å². The first kappa shape index (κ1) is 19.1. The van der Waals surface area contributed by atoms with E-state index in [-0.39, 0.29) is 18.1 Å². The maximum absolute atomic E-state index is 12.3. The number of carbonyl (C=O) groups is 1. The molecule has 0 saturated heterocycles. The highest BCUT2D eigenvalue weighted by Gasteiger charge is 2.13. The summed E-state index contributed by atoms with van der Waals surface area (Å²) in [5.74, 6) is 1.02. The number of halogens is 2. The molecule has 0 fully saturated rings. The quantitative estimate of drug-likeness (QED) is 0.658. The van der Waals surface area contributed by atoms with Crippen molar-refractivity contribution in [2.75, 3.05) is 5.32 Å². The Morgan fingerprint density at radius 1 is 1.10 bits per heavy atom. The lowest BCUT2D eigenvalue weighted by Crippen LogP contribution is -2.14. The van der Waals surface area contributed by atoms with Crippen molar-refractivity contribution in [3.8, 4) is 17.0 Å². The topological polar surface area (TPSA) is 56.1 Å². The number of aromatic nitrogens is 2. The van der Waals surface area contributed by atoms with Crippen LogP contribution in [0, 0.1) is 0 Å². The van der Waals surface area contributed by atoms with Gasteiger partial charge >= 0.3 is 6.61 Å². The normalized spacial score (nSPS) is 13.2. The van der Waals surface area contributed by atoms with Gasteiger partial charge in [0.2, 0.25) is 5.91 Å². The molecule has 29 heavy (non-hydrogen) atoms. The van der Waals surface area contributed by atoms with E-state index in [1.165, 1.54) is 25.0 Å². The Morgan fingerprint density at radius 3 is 2.55 bits per heavy atom. The van der Waals surface area contributed by atoms with E-state index in [2.05, 4.69) is 20.8 Å². The Kier molecular flexibility index (Phi) is 5.55. The van der Waals surface area contributed by atoms with Crippen LogP contribution >= 0.6 is 0 Å². The Bertz CT molecular complexity index is 959. The average Bonchev–Trinajstić information content (AvgIpc) is 3.14. The monoisotopic (exact) mass is 397 g/mol. The molecule has 2 heterocycles. The summed E-state index contributed by atoms with van der Waals surface area (Å²) < 4.78 is 30.9. The van der Waals surface area contributed by atoms with Crippen molar-refractivity contribution < 1.29 is 18.3 Å². The first-order chi connectivity index (χ1) is 14.1. The van der Waals surface area contributed by atoms with Gasteiger partial charge in [-0.25, -0.2) is 4.98 Å². The molecule has 5 nitrogen and oxygen atoms in total.